The van der Waals surface area contributed by atoms with Gasteiger partial charge in [0, 0.05) is 149 Å². The second kappa shape index (κ2) is 24.7. The van der Waals surface area contributed by atoms with Crippen molar-refractivity contribution in [2.24, 2.45) is 0 Å². The first-order chi connectivity index (χ1) is 58.5. The van der Waals surface area contributed by atoms with Crippen molar-refractivity contribution >= 4 is 232 Å². The lowest BCUT2D eigenvalue weighted by molar-refractivity contribution is 0.668. The molecule has 8 aromatic heterocycles. The Kier molecular flexibility index (Phi) is 13.5. The Balaban J connectivity index is 0.596. The molecule has 0 saturated carbocycles. The van der Waals surface area contributed by atoms with E-state index in [0.29, 0.717) is 0 Å². The van der Waals surface area contributed by atoms with Crippen molar-refractivity contribution in [3.05, 3.63) is 388 Å². The van der Waals surface area contributed by atoms with Crippen molar-refractivity contribution in [1.82, 2.24) is 8.80 Å². The summed E-state index contributed by atoms with van der Waals surface area (Å²) in [5, 5.41) is 17.9. The molecule has 550 valence electrons. The molecule has 0 unspecified atom stereocenters. The normalized spacial score (nSPS) is 12.2. The summed E-state index contributed by atoms with van der Waals surface area (Å²) in [5.74, 6) is 0. The average Bonchev–Trinajstić information content (AvgIpc) is 1.53. The molecule has 0 amide bonds. The summed E-state index contributed by atoms with van der Waals surface area (Å²) in [5.41, 5.74) is 28.1. The fraction of sp³-hybridized carbons (Fsp3) is 0. The van der Waals surface area contributed by atoms with Crippen molar-refractivity contribution in [1.29, 1.82) is 0 Å². The highest BCUT2D eigenvalue weighted by molar-refractivity contribution is 6.31. The number of aromatic nitrogens is 2. The molecule has 0 saturated heterocycles. The van der Waals surface area contributed by atoms with Gasteiger partial charge < -0.3 is 46.1 Å². The van der Waals surface area contributed by atoms with Crippen LogP contribution in [0.25, 0.3) is 175 Å². The summed E-state index contributed by atoms with van der Waals surface area (Å²) in [4.78, 5) is 9.62. The minimum absolute atomic E-state index is 0.796. The number of furan rings is 4. The van der Waals surface area contributed by atoms with Crippen LogP contribution < -0.4 is 19.6 Å². The van der Waals surface area contributed by atoms with Crippen LogP contribution >= 0.6 is 0 Å². The molecule has 0 aliphatic carbocycles. The zero-order valence-electron chi connectivity index (χ0n) is 63.3. The van der Waals surface area contributed by atoms with Gasteiger partial charge in [0.15, 0.2) is 0 Å². The topological polar surface area (TPSA) is 74.3 Å². The predicted octanol–water partition coefficient (Wildman–Crippen LogP) is 31.1. The van der Waals surface area contributed by atoms with Gasteiger partial charge in [0.1, 0.15) is 44.7 Å². The van der Waals surface area contributed by atoms with E-state index in [4.69, 9.17) is 17.7 Å². The number of rotatable bonds is 13. The summed E-state index contributed by atoms with van der Waals surface area (Å²) in [6.07, 6.45) is 0. The highest BCUT2D eigenvalue weighted by Gasteiger charge is 2.31. The Bertz CT molecular complexity index is 8610. The van der Waals surface area contributed by atoms with Gasteiger partial charge >= 0.3 is 0 Å². The van der Waals surface area contributed by atoms with Gasteiger partial charge in [-0.05, 0) is 181 Å². The van der Waals surface area contributed by atoms with E-state index in [1.54, 1.807) is 0 Å². The van der Waals surface area contributed by atoms with Crippen molar-refractivity contribution < 1.29 is 17.7 Å². The van der Waals surface area contributed by atoms with Crippen molar-refractivity contribution in [2.75, 3.05) is 19.6 Å². The molecule has 0 atom stereocenters. The number of hydrogen-bond acceptors (Lipinski definition) is 8. The third-order valence-corrected chi connectivity index (χ3v) is 24.7. The van der Waals surface area contributed by atoms with Crippen LogP contribution in [-0.4, -0.2) is 8.80 Å². The van der Waals surface area contributed by atoms with Gasteiger partial charge in [-0.15, -0.1) is 0 Å². The van der Waals surface area contributed by atoms with E-state index < -0.39 is 0 Å². The fourth-order valence-corrected chi connectivity index (χ4v) is 19.8. The predicted molar refractivity (Wildman–Crippen MR) is 489 cm³/mol. The first-order valence-electron chi connectivity index (χ1n) is 40.1. The van der Waals surface area contributed by atoms with Gasteiger partial charge in [-0.2, -0.15) is 0 Å². The van der Waals surface area contributed by atoms with E-state index in [1.165, 1.54) is 38.0 Å². The smallest absolute Gasteiger partial charge is 0.143 e. The van der Waals surface area contributed by atoms with Crippen LogP contribution in [-0.2, 0) is 0 Å². The largest absolute Gasteiger partial charge is 0.456 e. The molecule has 0 N–H and O–H groups in total. The van der Waals surface area contributed by atoms with Crippen LogP contribution in [0.4, 0.5) is 68.2 Å². The third-order valence-electron chi connectivity index (χ3n) is 24.7. The van der Waals surface area contributed by atoms with E-state index in [0.717, 1.165) is 205 Å². The summed E-state index contributed by atoms with van der Waals surface area (Å²) in [7, 11) is 0. The second-order valence-corrected chi connectivity index (χ2v) is 31.0. The molecule has 0 spiro atoms. The van der Waals surface area contributed by atoms with Gasteiger partial charge in [-0.3, -0.25) is 0 Å². The lowest BCUT2D eigenvalue weighted by Crippen LogP contribution is -2.10. The minimum atomic E-state index is 0.796. The molecule has 18 aromatic carbocycles. The molecule has 0 radical (unpaired) electrons. The van der Waals surface area contributed by atoms with Crippen LogP contribution in [0, 0.1) is 0 Å². The van der Waals surface area contributed by atoms with Gasteiger partial charge in [0.2, 0.25) is 0 Å². The van der Waals surface area contributed by atoms with Gasteiger partial charge in [-0.25, -0.2) is 0 Å². The molecule has 8 heterocycles. The maximum absolute atomic E-state index is 7.30. The van der Waals surface area contributed by atoms with E-state index in [9.17, 15) is 0 Å². The Morgan fingerprint density at radius 2 is 0.466 bits per heavy atom. The monoisotopic (exact) mass is 1510 g/mol. The Hall–Kier alpha value is -16.0. The average molecular weight is 1510 g/mol. The minimum Gasteiger partial charge on any atom is -0.456 e. The molecule has 0 aliphatic rings. The van der Waals surface area contributed by atoms with Gasteiger partial charge in [0.05, 0.1) is 55.8 Å². The number of para-hydroxylation sites is 9. The van der Waals surface area contributed by atoms with E-state index in [-0.39, 0.29) is 0 Å². The van der Waals surface area contributed by atoms with E-state index >= 15 is 0 Å². The summed E-state index contributed by atoms with van der Waals surface area (Å²) >= 11 is 0. The number of fused-ring (bicyclic) bond motifs is 24. The molecule has 0 aliphatic heterocycles. The van der Waals surface area contributed by atoms with Crippen LogP contribution in [0.3, 0.4) is 0 Å². The highest BCUT2D eigenvalue weighted by atomic mass is 16.3. The number of nitrogens with zero attached hydrogens (tertiary/aromatic N) is 6. The van der Waals surface area contributed by atoms with E-state index in [2.05, 4.69) is 386 Å². The van der Waals surface area contributed by atoms with Crippen molar-refractivity contribution in [3.8, 4) is 11.1 Å². The first kappa shape index (κ1) is 64.5. The zero-order chi connectivity index (χ0) is 77.0. The maximum atomic E-state index is 7.30. The van der Waals surface area contributed by atoms with Crippen LogP contribution in [0.2, 0.25) is 0 Å². The first-order valence-corrected chi connectivity index (χ1v) is 40.1. The Labute approximate surface area is 673 Å². The van der Waals surface area contributed by atoms with E-state index in [1.807, 2.05) is 30.3 Å². The van der Waals surface area contributed by atoms with Crippen molar-refractivity contribution in [2.45, 2.75) is 0 Å². The summed E-state index contributed by atoms with van der Waals surface area (Å²) < 4.78 is 31.7. The van der Waals surface area contributed by atoms with Gasteiger partial charge in [-0.1, -0.05) is 200 Å². The standard InChI is InChI=1S/C108H64N6O4/c1-4-23-66(24-5-1)109(70-55-59-98-85(61-70)76-30-11-14-47-96(76)115-98)87-38-19-42-91-102(87)81-34-17-37-84-105-90(41-22-45-94(105)113(91)106(81)84)112(71-56-60-99-86(62-71)77-31-12-15-48-97(77)116-99)69-51-49-65(50-52-69)74-32-16-33-80-79-58-54-73(64-101(79)118-108(74)80)111(68-27-8-3-9-28-68)89-40-21-44-93-104(89)83-36-18-35-82-103-88(39-20-43-92(103)114(93)107(82)83)110(67-25-6-2-7-26-67)72-53-57-78-75-29-10-13-46-95(75)117-100(78)63-72/h1-64H. The molecule has 0 fully saturated rings. The van der Waals surface area contributed by atoms with Crippen LogP contribution in [0.15, 0.2) is 406 Å². The zero-order valence-corrected chi connectivity index (χ0v) is 63.3. The molecule has 10 heteroatoms. The maximum Gasteiger partial charge on any atom is 0.143 e. The highest BCUT2D eigenvalue weighted by Crippen LogP contribution is 2.54. The number of benzene rings is 18. The summed E-state index contributed by atoms with van der Waals surface area (Å²) in [6.45, 7) is 0. The molecule has 118 heavy (non-hydrogen) atoms. The Morgan fingerprint density at radius 1 is 0.178 bits per heavy atom. The van der Waals surface area contributed by atoms with Gasteiger partial charge in [0.25, 0.3) is 0 Å². The lowest BCUT2D eigenvalue weighted by atomic mass is 10.0. The summed E-state index contributed by atoms with van der Waals surface area (Å²) in [6, 6.07) is 140. The molecular weight excluding hydrogens is 1450 g/mol. The molecular formula is C108H64N6O4. The fourth-order valence-electron chi connectivity index (χ4n) is 19.8. The van der Waals surface area contributed by atoms with Crippen LogP contribution in [0.1, 0.15) is 0 Å². The molecule has 26 aromatic rings. The quantitative estimate of drug-likeness (QED) is 0.113. The SMILES string of the molecule is c1ccc(N(c2ccc3c(c2)oc2ccccc23)c2cccc3c2c2cccc4c5c(N(c6ccccc6)c6ccc7c(c6)oc6c(-c8ccc(N(c9ccc%10oc%11ccccc%11c%10c9)c9cccc%10c9c9cccc%11c%12c(N(c%13ccccc%13)c%13ccc%14oc%15ccccc%15c%14c%13)cccc%12n%10c%119)cc8)cccc67)cccc5n3c24)cc1. The Morgan fingerprint density at radius 3 is 0.890 bits per heavy atom. The molecule has 0 bridgehead atoms. The molecule has 10 nitrogen and oxygen atoms in total. The van der Waals surface area contributed by atoms with Crippen molar-refractivity contribution in [3.63, 3.8) is 0 Å². The third kappa shape index (κ3) is 9.27. The van der Waals surface area contributed by atoms with Crippen LogP contribution in [0.5, 0.6) is 0 Å². The lowest BCUT2D eigenvalue weighted by Gasteiger charge is -2.27. The number of hydrogen-bond donors (Lipinski definition) is 0. The molecule has 26 rings (SSSR count). The second-order valence-electron chi connectivity index (χ2n) is 31.0. The number of anilines is 12.